The predicted octanol–water partition coefficient (Wildman–Crippen LogP) is 2.98. The summed E-state index contributed by atoms with van der Waals surface area (Å²) in [6.07, 6.45) is 0.720. The highest BCUT2D eigenvalue weighted by molar-refractivity contribution is 7.88. The third-order valence-electron chi connectivity index (χ3n) is 5.15. The Hall–Kier alpha value is -1.48. The van der Waals surface area contributed by atoms with Gasteiger partial charge in [0.05, 0.1) is 12.4 Å². The zero-order chi connectivity index (χ0) is 24.0. The molecule has 31 heavy (non-hydrogen) atoms. The lowest BCUT2D eigenvalue weighted by atomic mass is 9.90. The summed E-state index contributed by atoms with van der Waals surface area (Å²) in [7, 11) is -3.50. The first kappa shape index (κ1) is 27.6. The van der Waals surface area contributed by atoms with Crippen LogP contribution in [-0.2, 0) is 30.7 Å². The van der Waals surface area contributed by atoms with Crippen molar-refractivity contribution >= 4 is 16.0 Å². The Morgan fingerprint density at radius 1 is 1.10 bits per heavy atom. The first-order chi connectivity index (χ1) is 14.0. The van der Waals surface area contributed by atoms with Gasteiger partial charge in [-0.15, -0.1) is 0 Å². The third kappa shape index (κ3) is 9.68. The zero-order valence-electron chi connectivity index (χ0n) is 20.2. The number of esters is 1. The molecule has 0 bridgehead atoms. The van der Waals surface area contributed by atoms with Gasteiger partial charge in [-0.25, -0.2) is 8.42 Å². The summed E-state index contributed by atoms with van der Waals surface area (Å²) in [6, 6.07) is 8.66. The van der Waals surface area contributed by atoms with Crippen LogP contribution in [0, 0.1) is 5.41 Å². The molecule has 0 spiro atoms. The van der Waals surface area contributed by atoms with Crippen LogP contribution in [0.15, 0.2) is 30.3 Å². The van der Waals surface area contributed by atoms with E-state index in [1.54, 1.807) is 0 Å². The molecule has 1 rings (SSSR count). The van der Waals surface area contributed by atoms with E-state index in [2.05, 4.69) is 0 Å². The third-order valence-corrected chi connectivity index (χ3v) is 6.64. The lowest BCUT2D eigenvalue weighted by molar-refractivity contribution is -0.153. The molecule has 1 aromatic rings. The average molecular weight is 457 g/mol. The number of ether oxygens (including phenoxy) is 2. The van der Waals surface area contributed by atoms with Gasteiger partial charge in [0.15, 0.2) is 0 Å². The highest BCUT2D eigenvalue weighted by Crippen LogP contribution is 2.25. The number of rotatable bonds is 10. The van der Waals surface area contributed by atoms with Gasteiger partial charge in [-0.05, 0) is 45.1 Å². The minimum Gasteiger partial charge on any atom is -0.462 e. The summed E-state index contributed by atoms with van der Waals surface area (Å²) in [5.74, 6) is -0.539. The average Bonchev–Trinajstić information content (AvgIpc) is 2.61. The second kappa shape index (κ2) is 10.9. The second-order valence-corrected chi connectivity index (χ2v) is 12.1. The fourth-order valence-corrected chi connectivity index (χ4v) is 4.38. The van der Waals surface area contributed by atoms with Gasteiger partial charge in [0.2, 0.25) is 10.0 Å². The number of nitrogens with zero attached hydrogens (tertiary/aromatic N) is 1. The van der Waals surface area contributed by atoms with Gasteiger partial charge in [0, 0.05) is 12.1 Å². The zero-order valence-corrected chi connectivity index (χ0v) is 21.0. The van der Waals surface area contributed by atoms with Crippen molar-refractivity contribution in [2.75, 3.05) is 19.4 Å². The molecule has 8 heteroatoms. The lowest BCUT2D eigenvalue weighted by Crippen LogP contribution is -2.51. The number of hydrogen-bond acceptors (Lipinski definition) is 6. The van der Waals surface area contributed by atoms with E-state index in [1.807, 2.05) is 78.8 Å². The maximum absolute atomic E-state index is 12.5. The van der Waals surface area contributed by atoms with Gasteiger partial charge in [0.25, 0.3) is 0 Å². The van der Waals surface area contributed by atoms with Gasteiger partial charge < -0.3 is 15.2 Å². The maximum Gasteiger partial charge on any atom is 0.323 e. The fraction of sp³-hybridized carbons (Fsp3) is 0.696. The van der Waals surface area contributed by atoms with E-state index >= 15 is 0 Å². The van der Waals surface area contributed by atoms with Crippen LogP contribution >= 0.6 is 0 Å². The second-order valence-electron chi connectivity index (χ2n) is 10.2. The molecular weight excluding hydrogens is 416 g/mol. The summed E-state index contributed by atoms with van der Waals surface area (Å²) in [5, 5.41) is 0. The monoisotopic (exact) mass is 456 g/mol. The van der Waals surface area contributed by atoms with Crippen LogP contribution in [0.1, 0.15) is 54.0 Å². The molecule has 1 aromatic carbocycles. The van der Waals surface area contributed by atoms with Crippen LogP contribution in [0.4, 0.5) is 0 Å². The molecule has 0 radical (unpaired) electrons. The van der Waals surface area contributed by atoms with Crippen molar-refractivity contribution in [1.29, 1.82) is 0 Å². The normalized spacial score (nSPS) is 16.1. The molecule has 0 unspecified atom stereocenters. The van der Waals surface area contributed by atoms with Crippen LogP contribution in [0.25, 0.3) is 0 Å². The number of nitrogens with two attached hydrogens (primary N) is 1. The fourth-order valence-electron chi connectivity index (χ4n) is 2.95. The maximum atomic E-state index is 12.5. The van der Waals surface area contributed by atoms with Gasteiger partial charge in [-0.1, -0.05) is 51.1 Å². The first-order valence-corrected chi connectivity index (χ1v) is 12.5. The molecule has 0 heterocycles. The lowest BCUT2D eigenvalue weighted by Gasteiger charge is -2.38. The van der Waals surface area contributed by atoms with Crippen LogP contribution in [0.3, 0.4) is 0 Å². The van der Waals surface area contributed by atoms with Crippen molar-refractivity contribution in [3.8, 4) is 0 Å². The molecule has 0 fully saturated rings. The molecule has 0 aromatic heterocycles. The van der Waals surface area contributed by atoms with Crippen molar-refractivity contribution in [3.63, 3.8) is 0 Å². The van der Waals surface area contributed by atoms with Gasteiger partial charge in [-0.3, -0.25) is 4.79 Å². The molecular formula is C23H40N2O5S. The van der Waals surface area contributed by atoms with E-state index in [1.165, 1.54) is 10.6 Å². The molecule has 2 N–H and O–H groups in total. The quantitative estimate of drug-likeness (QED) is 0.544. The highest BCUT2D eigenvalue weighted by Gasteiger charge is 2.34. The van der Waals surface area contributed by atoms with E-state index in [0.29, 0.717) is 6.42 Å². The van der Waals surface area contributed by atoms with Gasteiger partial charge in [0.1, 0.15) is 18.8 Å². The topological polar surface area (TPSA) is 98.9 Å². The van der Waals surface area contributed by atoms with Crippen LogP contribution < -0.4 is 5.73 Å². The highest BCUT2D eigenvalue weighted by atomic mass is 32.2. The standard InChI is InChI=1S/C23H40N2O5S/c1-17(22(2,3)4)30-19(15-25(23(5,6)7)31(8,27)28)16-29-21(26)20(24)14-18-12-10-9-11-13-18/h9-13,17,19-20H,14-16,24H2,1-8H3/t17-,19-,20-/m0/s1. The molecule has 7 nitrogen and oxygen atoms in total. The largest absolute Gasteiger partial charge is 0.462 e. The van der Waals surface area contributed by atoms with E-state index in [-0.39, 0.29) is 24.7 Å². The predicted molar refractivity (Wildman–Crippen MR) is 124 cm³/mol. The van der Waals surface area contributed by atoms with Crippen molar-refractivity contribution in [2.24, 2.45) is 11.1 Å². The molecule has 3 atom stereocenters. The SMILES string of the molecule is C[C@H](O[C@H](COC(=O)[C@@H](N)Cc1ccccc1)CN(C(C)(C)C)S(C)(=O)=O)C(C)(C)C. The van der Waals surface area contributed by atoms with Crippen LogP contribution in [0.5, 0.6) is 0 Å². The molecule has 0 aliphatic heterocycles. The van der Waals surface area contributed by atoms with E-state index < -0.39 is 33.7 Å². The Kier molecular flexibility index (Phi) is 9.69. The van der Waals surface area contributed by atoms with Crippen molar-refractivity contribution < 1.29 is 22.7 Å². The minimum absolute atomic E-state index is 0.0734. The Morgan fingerprint density at radius 2 is 1.65 bits per heavy atom. The Morgan fingerprint density at radius 3 is 2.10 bits per heavy atom. The summed E-state index contributed by atoms with van der Waals surface area (Å²) in [4.78, 5) is 12.5. The Balaban J connectivity index is 2.92. The van der Waals surface area contributed by atoms with Crippen molar-refractivity contribution in [2.45, 2.75) is 78.7 Å². The summed E-state index contributed by atoms with van der Waals surface area (Å²) < 4.78 is 37.8. The van der Waals surface area contributed by atoms with Crippen LogP contribution in [-0.4, -0.2) is 61.9 Å². The smallest absolute Gasteiger partial charge is 0.323 e. The van der Waals surface area contributed by atoms with E-state index in [4.69, 9.17) is 15.2 Å². The molecule has 0 saturated carbocycles. The Labute approximate surface area is 188 Å². The molecule has 0 aliphatic rings. The van der Waals surface area contributed by atoms with Crippen molar-refractivity contribution in [1.82, 2.24) is 4.31 Å². The van der Waals surface area contributed by atoms with Gasteiger partial charge in [-0.2, -0.15) is 4.31 Å². The number of carbonyl (C=O) groups excluding carboxylic acids is 1. The summed E-state index contributed by atoms with van der Waals surface area (Å²) in [5.41, 5.74) is 6.16. The molecule has 0 aliphatic carbocycles. The van der Waals surface area contributed by atoms with Crippen molar-refractivity contribution in [3.05, 3.63) is 35.9 Å². The number of sulfonamides is 1. The molecule has 0 saturated heterocycles. The number of hydrogen-bond donors (Lipinski definition) is 1. The summed E-state index contributed by atoms with van der Waals surface area (Å²) in [6.45, 7) is 13.5. The van der Waals surface area contributed by atoms with E-state index in [0.717, 1.165) is 5.56 Å². The molecule has 0 amide bonds. The number of carbonyl (C=O) groups is 1. The van der Waals surface area contributed by atoms with E-state index in [9.17, 15) is 13.2 Å². The summed E-state index contributed by atoms with van der Waals surface area (Å²) >= 11 is 0. The van der Waals surface area contributed by atoms with Gasteiger partial charge >= 0.3 is 5.97 Å². The first-order valence-electron chi connectivity index (χ1n) is 10.6. The molecule has 178 valence electrons. The minimum atomic E-state index is -3.50. The number of benzene rings is 1. The van der Waals surface area contributed by atoms with Crippen LogP contribution in [0.2, 0.25) is 0 Å². The Bertz CT molecular complexity index is 797.